The van der Waals surface area contributed by atoms with E-state index in [1.54, 1.807) is 0 Å². The molecular formula is C15H22O. The third kappa shape index (κ3) is 1.89. The number of aliphatic hydroxyl groups is 1. The molecule has 1 unspecified atom stereocenters. The van der Waals surface area contributed by atoms with Gasteiger partial charge in [0.05, 0.1) is 5.60 Å². The summed E-state index contributed by atoms with van der Waals surface area (Å²) in [7, 11) is 0. The Hall–Kier alpha value is -0.820. The minimum atomic E-state index is -0.631. The number of hydrogen-bond donors (Lipinski definition) is 1. The number of hydrogen-bond acceptors (Lipinski definition) is 1. The summed E-state index contributed by atoms with van der Waals surface area (Å²) in [6.07, 6.45) is 1.98. The van der Waals surface area contributed by atoms with Crippen LogP contribution >= 0.6 is 0 Å². The maximum absolute atomic E-state index is 10.4. The van der Waals surface area contributed by atoms with E-state index < -0.39 is 5.60 Å². The third-order valence-electron chi connectivity index (χ3n) is 3.93. The van der Waals surface area contributed by atoms with Crippen molar-refractivity contribution in [3.8, 4) is 0 Å². The predicted octanol–water partition coefficient (Wildman–Crippen LogP) is 3.74. The quantitative estimate of drug-likeness (QED) is 0.761. The lowest BCUT2D eigenvalue weighted by atomic mass is 9.71. The lowest BCUT2D eigenvalue weighted by molar-refractivity contribution is 0.0319. The first kappa shape index (κ1) is 11.7. The second-order valence-electron chi connectivity index (χ2n) is 5.75. The first-order valence-corrected chi connectivity index (χ1v) is 6.25. The largest absolute Gasteiger partial charge is 0.385 e. The fourth-order valence-electron chi connectivity index (χ4n) is 2.90. The summed E-state index contributed by atoms with van der Waals surface area (Å²) >= 11 is 0. The van der Waals surface area contributed by atoms with Crippen LogP contribution in [0, 0.1) is 12.8 Å². The summed E-state index contributed by atoms with van der Waals surface area (Å²) < 4.78 is 0. The molecule has 0 radical (unpaired) electrons. The molecule has 1 aromatic rings. The van der Waals surface area contributed by atoms with Gasteiger partial charge in [-0.05, 0) is 49.7 Å². The van der Waals surface area contributed by atoms with E-state index in [0.29, 0.717) is 11.8 Å². The van der Waals surface area contributed by atoms with Gasteiger partial charge in [-0.25, -0.2) is 0 Å². The minimum Gasteiger partial charge on any atom is -0.385 e. The first-order valence-electron chi connectivity index (χ1n) is 6.25. The Kier molecular flexibility index (Phi) is 2.83. The molecule has 1 aromatic carbocycles. The standard InChI is InChI=1S/C15H22O/c1-10(2)12-7-8-15(4,16)14-6-5-11(3)9-13(12)14/h5-6,9-10,12,16H,7-8H2,1-4H3/t12-,15?/m0/s1. The van der Waals surface area contributed by atoms with Crippen LogP contribution in [0.2, 0.25) is 0 Å². The van der Waals surface area contributed by atoms with E-state index in [9.17, 15) is 5.11 Å². The van der Waals surface area contributed by atoms with E-state index in [2.05, 4.69) is 39.0 Å². The number of benzene rings is 1. The van der Waals surface area contributed by atoms with Crippen molar-refractivity contribution in [1.82, 2.24) is 0 Å². The van der Waals surface area contributed by atoms with Gasteiger partial charge in [0.2, 0.25) is 0 Å². The Morgan fingerprint density at radius 3 is 2.69 bits per heavy atom. The van der Waals surface area contributed by atoms with Gasteiger partial charge in [0.25, 0.3) is 0 Å². The second kappa shape index (κ2) is 3.89. The average Bonchev–Trinajstić information content (AvgIpc) is 2.16. The van der Waals surface area contributed by atoms with Crippen LogP contribution in [0.4, 0.5) is 0 Å². The Bertz CT molecular complexity index is 390. The molecule has 0 aromatic heterocycles. The summed E-state index contributed by atoms with van der Waals surface area (Å²) in [6, 6.07) is 6.48. The molecule has 0 heterocycles. The van der Waals surface area contributed by atoms with Gasteiger partial charge >= 0.3 is 0 Å². The highest BCUT2D eigenvalue weighted by Crippen LogP contribution is 2.44. The van der Waals surface area contributed by atoms with E-state index >= 15 is 0 Å². The van der Waals surface area contributed by atoms with Crippen LogP contribution in [0.1, 0.15) is 56.2 Å². The van der Waals surface area contributed by atoms with Crippen molar-refractivity contribution in [3.63, 3.8) is 0 Å². The number of fused-ring (bicyclic) bond motifs is 1. The Balaban J connectivity index is 2.54. The molecule has 2 atom stereocenters. The van der Waals surface area contributed by atoms with Crippen LogP contribution in [0.25, 0.3) is 0 Å². The van der Waals surface area contributed by atoms with Crippen molar-refractivity contribution >= 4 is 0 Å². The molecule has 88 valence electrons. The first-order chi connectivity index (χ1) is 7.42. The highest BCUT2D eigenvalue weighted by Gasteiger charge is 2.35. The van der Waals surface area contributed by atoms with E-state index in [0.717, 1.165) is 18.4 Å². The SMILES string of the molecule is Cc1ccc2c(c1)[C@H](C(C)C)CCC2(C)O. The predicted molar refractivity (Wildman–Crippen MR) is 67.6 cm³/mol. The van der Waals surface area contributed by atoms with Gasteiger partial charge in [0.1, 0.15) is 0 Å². The average molecular weight is 218 g/mol. The van der Waals surface area contributed by atoms with Crippen molar-refractivity contribution in [2.75, 3.05) is 0 Å². The van der Waals surface area contributed by atoms with Gasteiger partial charge in [-0.3, -0.25) is 0 Å². The maximum atomic E-state index is 10.4. The van der Waals surface area contributed by atoms with E-state index in [-0.39, 0.29) is 0 Å². The fraction of sp³-hybridized carbons (Fsp3) is 0.600. The monoisotopic (exact) mass is 218 g/mol. The zero-order valence-electron chi connectivity index (χ0n) is 10.7. The van der Waals surface area contributed by atoms with Crippen molar-refractivity contribution in [2.24, 2.45) is 5.92 Å². The van der Waals surface area contributed by atoms with Crippen LogP contribution in [-0.4, -0.2) is 5.11 Å². The molecular weight excluding hydrogens is 196 g/mol. The van der Waals surface area contributed by atoms with E-state index in [1.807, 2.05) is 6.92 Å². The van der Waals surface area contributed by atoms with Crippen LogP contribution in [-0.2, 0) is 5.60 Å². The molecule has 1 aliphatic carbocycles. The molecule has 0 amide bonds. The topological polar surface area (TPSA) is 20.2 Å². The van der Waals surface area contributed by atoms with Gasteiger partial charge in [-0.15, -0.1) is 0 Å². The van der Waals surface area contributed by atoms with Crippen LogP contribution in [0.5, 0.6) is 0 Å². The highest BCUT2D eigenvalue weighted by molar-refractivity contribution is 5.40. The molecule has 0 saturated carbocycles. The zero-order valence-corrected chi connectivity index (χ0v) is 10.7. The number of aryl methyl sites for hydroxylation is 1. The molecule has 2 rings (SSSR count). The molecule has 16 heavy (non-hydrogen) atoms. The van der Waals surface area contributed by atoms with Crippen molar-refractivity contribution < 1.29 is 5.11 Å². The molecule has 1 N–H and O–H groups in total. The molecule has 0 spiro atoms. The smallest absolute Gasteiger partial charge is 0.0871 e. The summed E-state index contributed by atoms with van der Waals surface area (Å²) in [6.45, 7) is 8.62. The van der Waals surface area contributed by atoms with Crippen molar-refractivity contribution in [3.05, 3.63) is 34.9 Å². The van der Waals surface area contributed by atoms with Crippen molar-refractivity contribution in [2.45, 2.75) is 52.1 Å². The molecule has 0 bridgehead atoms. The Morgan fingerprint density at radius 1 is 1.38 bits per heavy atom. The Morgan fingerprint density at radius 2 is 2.06 bits per heavy atom. The van der Waals surface area contributed by atoms with E-state index in [1.165, 1.54) is 11.1 Å². The summed E-state index contributed by atoms with van der Waals surface area (Å²) in [5, 5.41) is 10.4. The molecule has 0 saturated heterocycles. The summed E-state index contributed by atoms with van der Waals surface area (Å²) in [4.78, 5) is 0. The second-order valence-corrected chi connectivity index (χ2v) is 5.75. The highest BCUT2D eigenvalue weighted by atomic mass is 16.3. The van der Waals surface area contributed by atoms with Crippen LogP contribution in [0.3, 0.4) is 0 Å². The summed E-state index contributed by atoms with van der Waals surface area (Å²) in [5.41, 5.74) is 3.17. The van der Waals surface area contributed by atoms with Crippen LogP contribution in [0.15, 0.2) is 18.2 Å². The third-order valence-corrected chi connectivity index (χ3v) is 3.93. The van der Waals surface area contributed by atoms with Gasteiger partial charge in [0.15, 0.2) is 0 Å². The lowest BCUT2D eigenvalue weighted by Gasteiger charge is -2.37. The molecule has 0 fully saturated rings. The fourth-order valence-corrected chi connectivity index (χ4v) is 2.90. The van der Waals surface area contributed by atoms with Crippen molar-refractivity contribution in [1.29, 1.82) is 0 Å². The number of rotatable bonds is 1. The van der Waals surface area contributed by atoms with Gasteiger partial charge in [-0.1, -0.05) is 37.6 Å². The normalized spacial score (nSPS) is 29.2. The lowest BCUT2D eigenvalue weighted by Crippen LogP contribution is -2.30. The zero-order chi connectivity index (χ0) is 11.9. The van der Waals surface area contributed by atoms with Gasteiger partial charge in [-0.2, -0.15) is 0 Å². The van der Waals surface area contributed by atoms with Gasteiger partial charge in [0, 0.05) is 0 Å². The molecule has 1 nitrogen and oxygen atoms in total. The minimum absolute atomic E-state index is 0.607. The molecule has 0 aliphatic heterocycles. The van der Waals surface area contributed by atoms with Crippen LogP contribution < -0.4 is 0 Å². The Labute approximate surface area is 98.5 Å². The molecule has 1 heteroatoms. The maximum Gasteiger partial charge on any atom is 0.0871 e. The summed E-state index contributed by atoms with van der Waals surface area (Å²) in [5.74, 6) is 1.26. The van der Waals surface area contributed by atoms with Gasteiger partial charge < -0.3 is 5.11 Å². The molecule has 1 aliphatic rings. The van der Waals surface area contributed by atoms with E-state index in [4.69, 9.17) is 0 Å².